The lowest BCUT2D eigenvalue weighted by Gasteiger charge is -2.05. The van der Waals surface area contributed by atoms with Crippen LogP contribution in [0.2, 0.25) is 0 Å². The van der Waals surface area contributed by atoms with Gasteiger partial charge in [-0.1, -0.05) is 29.8 Å². The first kappa shape index (κ1) is 14.5. The summed E-state index contributed by atoms with van der Waals surface area (Å²) >= 11 is 1.34. The quantitative estimate of drug-likeness (QED) is 0.523. The van der Waals surface area contributed by atoms with Gasteiger partial charge in [0.15, 0.2) is 11.5 Å². The van der Waals surface area contributed by atoms with E-state index >= 15 is 0 Å². The molecule has 2 aromatic carbocycles. The number of fused-ring (bicyclic) bond motifs is 1. The molecule has 4 heteroatoms. The highest BCUT2D eigenvalue weighted by molar-refractivity contribution is 7.21. The lowest BCUT2D eigenvalue weighted by molar-refractivity contribution is 0.0736. The molecule has 3 aromatic rings. The number of ketones is 1. The maximum atomic E-state index is 12.3. The van der Waals surface area contributed by atoms with Crippen LogP contribution in [-0.2, 0) is 0 Å². The first-order chi connectivity index (χ1) is 10.6. The van der Waals surface area contributed by atoms with E-state index in [-0.39, 0.29) is 5.78 Å². The van der Waals surface area contributed by atoms with Crippen LogP contribution in [0, 0.1) is 6.92 Å². The highest BCUT2D eigenvalue weighted by Crippen LogP contribution is 2.38. The van der Waals surface area contributed by atoms with Gasteiger partial charge in [-0.15, -0.1) is 11.3 Å². The van der Waals surface area contributed by atoms with Crippen molar-refractivity contribution in [1.29, 1.82) is 0 Å². The fourth-order valence-electron chi connectivity index (χ4n) is 2.20. The molecule has 1 heterocycles. The van der Waals surface area contributed by atoms with Gasteiger partial charge in [0.25, 0.3) is 0 Å². The van der Waals surface area contributed by atoms with Crippen LogP contribution < -0.4 is 4.74 Å². The summed E-state index contributed by atoms with van der Waals surface area (Å²) in [4.78, 5) is 24.6. The molecule has 110 valence electrons. The number of carbonyl (C=O) groups is 2. The largest absolute Gasteiger partial charge is 0.421 e. The van der Waals surface area contributed by atoms with Gasteiger partial charge in [0, 0.05) is 17.0 Å². The van der Waals surface area contributed by atoms with Crippen molar-refractivity contribution in [2.45, 2.75) is 13.8 Å². The second kappa shape index (κ2) is 5.73. The van der Waals surface area contributed by atoms with Gasteiger partial charge in [0.1, 0.15) is 4.88 Å². The van der Waals surface area contributed by atoms with Gasteiger partial charge in [-0.05, 0) is 31.2 Å². The molecule has 0 N–H and O–H groups in total. The molecule has 0 aliphatic carbocycles. The summed E-state index contributed by atoms with van der Waals surface area (Å²) in [5, 5.41) is 0.790. The number of esters is 1. The average molecular weight is 310 g/mol. The Balaban J connectivity index is 2.02. The Morgan fingerprint density at radius 1 is 1.00 bits per heavy atom. The lowest BCUT2D eigenvalue weighted by atomic mass is 10.1. The number of ether oxygens (including phenoxy) is 1. The van der Waals surface area contributed by atoms with Gasteiger partial charge in [-0.2, -0.15) is 0 Å². The molecule has 0 saturated heterocycles. The number of aryl methyl sites for hydroxylation is 1. The third-order valence-corrected chi connectivity index (χ3v) is 4.60. The van der Waals surface area contributed by atoms with Gasteiger partial charge >= 0.3 is 5.97 Å². The summed E-state index contributed by atoms with van der Waals surface area (Å²) in [6.07, 6.45) is 0. The van der Waals surface area contributed by atoms with E-state index in [1.807, 2.05) is 43.3 Å². The summed E-state index contributed by atoms with van der Waals surface area (Å²) in [5.74, 6) is -0.197. The fraction of sp³-hybridized carbons (Fsp3) is 0.111. The van der Waals surface area contributed by atoms with Crippen molar-refractivity contribution in [2.75, 3.05) is 0 Å². The van der Waals surface area contributed by atoms with Crippen molar-refractivity contribution >= 4 is 33.2 Å². The minimum absolute atomic E-state index is 0.104. The van der Waals surface area contributed by atoms with Gasteiger partial charge < -0.3 is 4.74 Å². The summed E-state index contributed by atoms with van der Waals surface area (Å²) in [7, 11) is 0. The first-order valence-corrected chi connectivity index (χ1v) is 7.69. The zero-order valence-corrected chi connectivity index (χ0v) is 13.1. The van der Waals surface area contributed by atoms with E-state index in [0.717, 1.165) is 15.6 Å². The first-order valence-electron chi connectivity index (χ1n) is 6.87. The van der Waals surface area contributed by atoms with Crippen LogP contribution >= 0.6 is 11.3 Å². The Hall–Kier alpha value is -2.46. The topological polar surface area (TPSA) is 43.4 Å². The van der Waals surface area contributed by atoms with E-state index in [4.69, 9.17) is 4.74 Å². The molecule has 0 saturated carbocycles. The molecule has 0 unspecified atom stereocenters. The second-order valence-electron chi connectivity index (χ2n) is 5.07. The van der Waals surface area contributed by atoms with Crippen LogP contribution in [0.5, 0.6) is 5.75 Å². The molecule has 1 aromatic heterocycles. The van der Waals surface area contributed by atoms with Crippen LogP contribution in [0.1, 0.15) is 32.5 Å². The number of thiophene rings is 1. The molecule has 0 atom stereocenters. The van der Waals surface area contributed by atoms with Gasteiger partial charge in [0.05, 0.1) is 5.56 Å². The van der Waals surface area contributed by atoms with Gasteiger partial charge in [-0.3, -0.25) is 4.79 Å². The third kappa shape index (κ3) is 2.65. The zero-order valence-electron chi connectivity index (χ0n) is 12.3. The van der Waals surface area contributed by atoms with Crippen LogP contribution in [0.15, 0.2) is 48.5 Å². The zero-order chi connectivity index (χ0) is 15.7. The van der Waals surface area contributed by atoms with Crippen molar-refractivity contribution in [3.63, 3.8) is 0 Å². The van der Waals surface area contributed by atoms with Crippen LogP contribution in [0.25, 0.3) is 10.1 Å². The monoisotopic (exact) mass is 310 g/mol. The normalized spacial score (nSPS) is 10.6. The molecule has 0 bridgehead atoms. The van der Waals surface area contributed by atoms with Crippen molar-refractivity contribution in [2.24, 2.45) is 0 Å². The summed E-state index contributed by atoms with van der Waals surface area (Å²) in [5.41, 5.74) is 1.54. The van der Waals surface area contributed by atoms with Crippen molar-refractivity contribution < 1.29 is 14.3 Å². The molecule has 0 amide bonds. The van der Waals surface area contributed by atoms with Gasteiger partial charge in [0.2, 0.25) is 0 Å². The number of Topliss-reactive ketones (excluding diaryl/α,β-unsaturated/α-hetero) is 1. The molecular formula is C18H14O3S. The summed E-state index contributed by atoms with van der Waals surface area (Å²) in [6, 6.07) is 14.7. The maximum Gasteiger partial charge on any atom is 0.343 e. The van der Waals surface area contributed by atoms with Crippen LogP contribution in [0.3, 0.4) is 0 Å². The smallest absolute Gasteiger partial charge is 0.343 e. The Morgan fingerprint density at radius 3 is 2.36 bits per heavy atom. The molecule has 0 spiro atoms. The maximum absolute atomic E-state index is 12.3. The minimum atomic E-state index is -0.453. The predicted molar refractivity (Wildman–Crippen MR) is 88.0 cm³/mol. The molecule has 0 fully saturated rings. The molecule has 3 nitrogen and oxygen atoms in total. The Kier molecular flexibility index (Phi) is 3.77. The van der Waals surface area contributed by atoms with E-state index in [1.54, 1.807) is 12.1 Å². The second-order valence-corrected chi connectivity index (χ2v) is 6.12. The number of hydrogen-bond acceptors (Lipinski definition) is 4. The SMILES string of the molecule is CC(=O)c1sc2ccccc2c1OC(=O)c1ccc(C)cc1. The molecule has 22 heavy (non-hydrogen) atoms. The van der Waals surface area contributed by atoms with Gasteiger partial charge in [-0.25, -0.2) is 4.79 Å². The summed E-state index contributed by atoms with van der Waals surface area (Å²) < 4.78 is 6.47. The third-order valence-electron chi connectivity index (χ3n) is 3.35. The fourth-order valence-corrected chi connectivity index (χ4v) is 3.22. The summed E-state index contributed by atoms with van der Waals surface area (Å²) in [6.45, 7) is 3.43. The molecule has 0 aliphatic rings. The van der Waals surface area contributed by atoms with Crippen molar-refractivity contribution in [3.8, 4) is 5.75 Å². The predicted octanol–water partition coefficient (Wildman–Crippen LogP) is 4.63. The van der Waals surface area contributed by atoms with Crippen LogP contribution in [0.4, 0.5) is 0 Å². The van der Waals surface area contributed by atoms with Crippen LogP contribution in [-0.4, -0.2) is 11.8 Å². The average Bonchev–Trinajstić information content (AvgIpc) is 2.87. The van der Waals surface area contributed by atoms with Crippen molar-refractivity contribution in [3.05, 3.63) is 64.5 Å². The number of rotatable bonds is 3. The van der Waals surface area contributed by atoms with E-state index < -0.39 is 5.97 Å². The standard InChI is InChI=1S/C18H14O3S/c1-11-7-9-13(10-8-11)18(20)21-16-14-5-3-4-6-15(14)22-17(16)12(2)19/h3-10H,1-2H3. The lowest BCUT2D eigenvalue weighted by Crippen LogP contribution is -2.09. The highest BCUT2D eigenvalue weighted by Gasteiger charge is 2.20. The Morgan fingerprint density at radius 2 is 1.68 bits per heavy atom. The minimum Gasteiger partial charge on any atom is -0.421 e. The number of benzene rings is 2. The Labute approximate surface area is 132 Å². The number of hydrogen-bond donors (Lipinski definition) is 0. The van der Waals surface area contributed by atoms with E-state index in [0.29, 0.717) is 16.2 Å². The molecule has 0 aliphatic heterocycles. The Bertz CT molecular complexity index is 860. The highest BCUT2D eigenvalue weighted by atomic mass is 32.1. The van der Waals surface area contributed by atoms with Crippen molar-refractivity contribution in [1.82, 2.24) is 0 Å². The number of carbonyl (C=O) groups excluding carboxylic acids is 2. The van der Waals surface area contributed by atoms with E-state index in [9.17, 15) is 9.59 Å². The van der Waals surface area contributed by atoms with E-state index in [2.05, 4.69) is 0 Å². The molecule has 3 rings (SSSR count). The molecular weight excluding hydrogens is 296 g/mol. The van der Waals surface area contributed by atoms with E-state index in [1.165, 1.54) is 18.3 Å². The molecule has 0 radical (unpaired) electrons.